The molecule has 0 aliphatic carbocycles. The second kappa shape index (κ2) is 16.6. The van der Waals surface area contributed by atoms with E-state index in [1.165, 1.54) is 0 Å². The fraction of sp³-hybridized carbons (Fsp3) is 0. The Morgan fingerprint density at radius 2 is 1.10 bits per heavy atom. The first-order chi connectivity index (χ1) is 3.46. The van der Waals surface area contributed by atoms with Gasteiger partial charge in [-0.05, 0) is 0 Å². The molecular weight excluding hydrogens is 161 g/mol. The van der Waals surface area contributed by atoms with Gasteiger partial charge in [-0.3, -0.25) is 12.9 Å². The van der Waals surface area contributed by atoms with Gasteiger partial charge in [-0.25, -0.2) is 0 Å². The summed E-state index contributed by atoms with van der Waals surface area (Å²) >= 11 is 0. The van der Waals surface area contributed by atoms with E-state index in [9.17, 15) is 12.9 Å². The Labute approximate surface area is 80.9 Å². The summed E-state index contributed by atoms with van der Waals surface area (Å²) in [5.74, 6) is 0. The van der Waals surface area contributed by atoms with Gasteiger partial charge in [-0.15, -0.1) is 0 Å². The fourth-order valence-corrected chi connectivity index (χ4v) is 0. The molecule has 0 radical (unpaired) electrons. The van der Waals surface area contributed by atoms with E-state index >= 15 is 0 Å². The van der Waals surface area contributed by atoms with E-state index in [0.29, 0.717) is 0 Å². The van der Waals surface area contributed by atoms with Crippen molar-refractivity contribution in [3.05, 3.63) is 0 Å². The maximum atomic E-state index is 9.67. The third-order valence-corrected chi connectivity index (χ3v) is 0. The maximum absolute atomic E-state index is 9.67. The minimum atomic E-state index is -3.67. The van der Waals surface area contributed by atoms with Crippen LogP contribution in [0.25, 0.3) is 0 Å². The Morgan fingerprint density at radius 3 is 1.10 bits per heavy atom. The van der Waals surface area contributed by atoms with Gasteiger partial charge < -0.3 is 9.79 Å². The molecule has 48 valence electrons. The molecule has 0 saturated heterocycles. The first-order valence-electron chi connectivity index (χ1n) is 1.20. The van der Waals surface area contributed by atoms with Crippen LogP contribution in [0.5, 0.6) is 0 Å². The van der Waals surface area contributed by atoms with E-state index in [2.05, 4.69) is 0 Å². The smallest absolute Gasteiger partial charge is 0.598 e. The molecule has 0 unspecified atom stereocenters. The summed E-state index contributed by atoms with van der Waals surface area (Å²) in [7, 11) is -7.04. The molecule has 0 aliphatic rings. The number of hydrogen-bond donors (Lipinski definition) is 0. The van der Waals surface area contributed by atoms with Crippen LogP contribution in [0.1, 0.15) is 0 Å². The van der Waals surface area contributed by atoms with Gasteiger partial charge in [0.2, 0.25) is 0 Å². The molecule has 0 aliphatic heterocycles. The summed E-state index contributed by atoms with van der Waals surface area (Å²) in [6.07, 6.45) is 0. The average Bonchev–Trinajstić information content (AvgIpc) is 1.25. The third kappa shape index (κ3) is 516. The van der Waals surface area contributed by atoms with Crippen molar-refractivity contribution >= 4 is 15.8 Å². The van der Waals surface area contributed by atoms with Crippen molar-refractivity contribution < 1.29 is 65.0 Å². The Bertz CT molecular complexity index is 66.0. The topological polar surface area (TPSA) is 63.2 Å². The standard InChI is InChI=1S/BF3.2Li.HO3P/c2-1(3)4;;;1-4(2)3/h;;;(H,1,2,3)/q;2*+1;/p-1. The van der Waals surface area contributed by atoms with Crippen LogP contribution >= 0.6 is 8.25 Å². The van der Waals surface area contributed by atoms with Gasteiger partial charge in [0.15, 0.2) is 0 Å². The zero-order chi connectivity index (χ0) is 7.15. The molecule has 0 aromatic carbocycles. The molecule has 0 amide bonds. The van der Waals surface area contributed by atoms with Gasteiger partial charge in [0, 0.05) is 0 Å². The Balaban J connectivity index is -0.0000000300. The van der Waals surface area contributed by atoms with Crippen molar-refractivity contribution in [1.82, 2.24) is 0 Å². The van der Waals surface area contributed by atoms with Gasteiger partial charge >= 0.3 is 45.3 Å². The summed E-state index contributed by atoms with van der Waals surface area (Å²) in [5, 5.41) is 0. The summed E-state index contributed by atoms with van der Waals surface area (Å²) in [4.78, 5) is 17.0. The number of rotatable bonds is 0. The van der Waals surface area contributed by atoms with E-state index in [1.54, 1.807) is 0 Å². The summed E-state index contributed by atoms with van der Waals surface area (Å²) < 4.78 is 37.5. The SMILES string of the molecule is FB(F)F.O=[P+]([O-])[O-].[Li+].[Li+]. The van der Waals surface area contributed by atoms with Gasteiger partial charge in [-0.1, -0.05) is 4.57 Å². The largest absolute Gasteiger partial charge is 1.00 e. The van der Waals surface area contributed by atoms with E-state index in [4.69, 9.17) is 14.4 Å². The molecule has 0 aromatic heterocycles. The van der Waals surface area contributed by atoms with Crippen LogP contribution in [0.4, 0.5) is 12.9 Å². The summed E-state index contributed by atoms with van der Waals surface area (Å²) in [6.45, 7) is 0. The first-order valence-corrected chi connectivity index (χ1v) is 2.30. The second-order valence-electron chi connectivity index (χ2n) is 0.471. The Hall–Kier alpha value is 1.07. The maximum Gasteiger partial charge on any atom is 1.00 e. The minimum Gasteiger partial charge on any atom is -0.598 e. The number of halogens is 3. The Morgan fingerprint density at radius 1 is 1.10 bits per heavy atom. The monoisotopic (exact) mass is 161 g/mol. The van der Waals surface area contributed by atoms with Crippen LogP contribution in [-0.2, 0) is 4.57 Å². The zero-order valence-electron chi connectivity index (χ0n) is 5.38. The summed E-state index contributed by atoms with van der Waals surface area (Å²) in [5.41, 5.74) is 0. The summed E-state index contributed by atoms with van der Waals surface area (Å²) in [6, 6.07) is 0. The van der Waals surface area contributed by atoms with Crippen molar-refractivity contribution in [3.63, 3.8) is 0 Å². The molecule has 0 heterocycles. The van der Waals surface area contributed by atoms with Gasteiger partial charge in [0.1, 0.15) is 0 Å². The molecule has 0 bridgehead atoms. The van der Waals surface area contributed by atoms with Gasteiger partial charge in [0.05, 0.1) is 0 Å². The molecule has 0 fully saturated rings. The molecule has 10 heavy (non-hydrogen) atoms. The van der Waals surface area contributed by atoms with Crippen molar-refractivity contribution in [1.29, 1.82) is 0 Å². The van der Waals surface area contributed by atoms with Crippen molar-refractivity contribution in [2.75, 3.05) is 0 Å². The molecule has 3 nitrogen and oxygen atoms in total. The molecule has 0 saturated carbocycles. The Kier molecular flexibility index (Phi) is 37.2. The van der Waals surface area contributed by atoms with Crippen LogP contribution in [0.2, 0.25) is 0 Å². The predicted molar refractivity (Wildman–Crippen MR) is 16.7 cm³/mol. The average molecular weight is 161 g/mol. The van der Waals surface area contributed by atoms with Gasteiger partial charge in [0.25, 0.3) is 8.25 Å². The number of hydrogen-bond acceptors (Lipinski definition) is 3. The van der Waals surface area contributed by atoms with E-state index in [1.807, 2.05) is 0 Å². The molecular formula is BF3Li2O3P+. The van der Waals surface area contributed by atoms with Crippen molar-refractivity contribution in [2.24, 2.45) is 0 Å². The normalized spacial score (nSPS) is 5.30. The molecule has 0 N–H and O–H groups in total. The molecule has 0 atom stereocenters. The molecule has 10 heteroatoms. The first kappa shape index (κ1) is 22.5. The molecule has 0 spiro atoms. The van der Waals surface area contributed by atoms with Crippen molar-refractivity contribution in [3.8, 4) is 0 Å². The van der Waals surface area contributed by atoms with Crippen LogP contribution in [0, 0.1) is 0 Å². The van der Waals surface area contributed by atoms with E-state index in [-0.39, 0.29) is 37.7 Å². The second-order valence-corrected chi connectivity index (χ2v) is 0.918. The van der Waals surface area contributed by atoms with Crippen LogP contribution in [-0.4, -0.2) is 7.54 Å². The minimum absolute atomic E-state index is 0. The quantitative estimate of drug-likeness (QED) is 0.262. The predicted octanol–water partition coefficient (Wildman–Crippen LogP) is -6.75. The van der Waals surface area contributed by atoms with Crippen LogP contribution in [0.15, 0.2) is 0 Å². The van der Waals surface area contributed by atoms with Crippen LogP contribution < -0.4 is 47.5 Å². The van der Waals surface area contributed by atoms with Crippen LogP contribution in [0.3, 0.4) is 0 Å². The van der Waals surface area contributed by atoms with E-state index < -0.39 is 15.8 Å². The van der Waals surface area contributed by atoms with E-state index in [0.717, 1.165) is 0 Å². The molecule has 0 rings (SSSR count). The third-order valence-electron chi connectivity index (χ3n) is 0. The zero-order valence-corrected chi connectivity index (χ0v) is 6.28. The van der Waals surface area contributed by atoms with Crippen molar-refractivity contribution in [2.45, 2.75) is 0 Å². The molecule has 0 aromatic rings. The van der Waals surface area contributed by atoms with Gasteiger partial charge in [-0.2, -0.15) is 0 Å². The fourth-order valence-electron chi connectivity index (χ4n) is 0.